The number of halogens is 2. The molecule has 1 aliphatic heterocycles. The van der Waals surface area contributed by atoms with E-state index in [0.717, 1.165) is 37.6 Å². The first-order valence-corrected chi connectivity index (χ1v) is 10.8. The van der Waals surface area contributed by atoms with Crippen LogP contribution in [0.3, 0.4) is 0 Å². The van der Waals surface area contributed by atoms with Crippen LogP contribution in [-0.2, 0) is 11.3 Å². The predicted molar refractivity (Wildman–Crippen MR) is 124 cm³/mol. The summed E-state index contributed by atoms with van der Waals surface area (Å²) in [6.45, 7) is 3.78. The van der Waals surface area contributed by atoms with Crippen molar-refractivity contribution in [3.8, 4) is 5.75 Å². The van der Waals surface area contributed by atoms with Gasteiger partial charge in [0.15, 0.2) is 6.61 Å². The van der Waals surface area contributed by atoms with E-state index in [-0.39, 0.29) is 18.3 Å². The number of piperazine rings is 1. The number of carbonyl (C=O) groups is 1. The first-order chi connectivity index (χ1) is 15.6. The van der Waals surface area contributed by atoms with E-state index >= 15 is 0 Å². The quantitative estimate of drug-likeness (QED) is 0.579. The van der Waals surface area contributed by atoms with E-state index in [1.54, 1.807) is 36.5 Å². The third kappa shape index (κ3) is 5.96. The lowest BCUT2D eigenvalue weighted by molar-refractivity contribution is -0.118. The smallest absolute Gasteiger partial charge is 0.262 e. The molecule has 2 aromatic carbocycles. The number of carbonyl (C=O) groups excluding carboxylic acids is 1. The monoisotopic (exact) mass is 454 g/mol. The number of pyridine rings is 1. The van der Waals surface area contributed by atoms with Gasteiger partial charge in [-0.15, -0.1) is 0 Å². The van der Waals surface area contributed by atoms with Gasteiger partial charge in [0.05, 0.1) is 11.9 Å². The highest BCUT2D eigenvalue weighted by Gasteiger charge is 2.19. The fourth-order valence-corrected chi connectivity index (χ4v) is 3.65. The van der Waals surface area contributed by atoms with Crippen molar-refractivity contribution in [1.29, 1.82) is 0 Å². The molecule has 0 aliphatic carbocycles. The van der Waals surface area contributed by atoms with Gasteiger partial charge in [0.2, 0.25) is 0 Å². The Morgan fingerprint density at radius 1 is 1.03 bits per heavy atom. The van der Waals surface area contributed by atoms with Crippen LogP contribution in [0.25, 0.3) is 0 Å². The molecule has 0 atom stereocenters. The number of ether oxygens (including phenoxy) is 1. The van der Waals surface area contributed by atoms with Gasteiger partial charge in [-0.2, -0.15) is 0 Å². The van der Waals surface area contributed by atoms with Crippen LogP contribution in [0.2, 0.25) is 5.02 Å². The van der Waals surface area contributed by atoms with E-state index < -0.39 is 0 Å². The largest absolute Gasteiger partial charge is 0.484 e. The van der Waals surface area contributed by atoms with Crippen LogP contribution in [0.5, 0.6) is 5.75 Å². The SMILES string of the molecule is O=C(COc1ccc(Cl)cc1)Nc1ccc(N2CCN(Cc3ccccc3F)CC2)nc1. The van der Waals surface area contributed by atoms with Crippen molar-refractivity contribution in [1.82, 2.24) is 9.88 Å². The van der Waals surface area contributed by atoms with Gasteiger partial charge >= 0.3 is 0 Å². The van der Waals surface area contributed by atoms with Crippen LogP contribution >= 0.6 is 11.6 Å². The molecule has 0 unspecified atom stereocenters. The number of hydrogen-bond acceptors (Lipinski definition) is 5. The Balaban J connectivity index is 1.23. The molecule has 32 heavy (non-hydrogen) atoms. The van der Waals surface area contributed by atoms with E-state index in [4.69, 9.17) is 16.3 Å². The maximum Gasteiger partial charge on any atom is 0.262 e. The summed E-state index contributed by atoms with van der Waals surface area (Å²) >= 11 is 5.83. The van der Waals surface area contributed by atoms with E-state index in [2.05, 4.69) is 20.1 Å². The van der Waals surface area contributed by atoms with Gasteiger partial charge in [0, 0.05) is 43.3 Å². The van der Waals surface area contributed by atoms with Crippen molar-refractivity contribution in [2.75, 3.05) is 43.0 Å². The number of benzene rings is 2. The van der Waals surface area contributed by atoms with E-state index in [1.807, 2.05) is 24.3 Å². The molecule has 4 rings (SSSR count). The number of aromatic nitrogens is 1. The second kappa shape index (κ2) is 10.4. The first kappa shape index (κ1) is 22.0. The van der Waals surface area contributed by atoms with Crippen LogP contribution in [0.1, 0.15) is 5.56 Å². The molecule has 1 fully saturated rings. The summed E-state index contributed by atoms with van der Waals surface area (Å²) in [6.07, 6.45) is 1.64. The normalized spacial score (nSPS) is 14.2. The molecule has 1 saturated heterocycles. The molecule has 0 radical (unpaired) electrons. The van der Waals surface area contributed by atoms with Crippen LogP contribution < -0.4 is 15.0 Å². The Labute approximate surface area is 191 Å². The lowest BCUT2D eigenvalue weighted by Crippen LogP contribution is -2.46. The number of anilines is 2. The molecular weight excluding hydrogens is 431 g/mol. The van der Waals surface area contributed by atoms with Crippen molar-refractivity contribution in [2.24, 2.45) is 0 Å². The van der Waals surface area contributed by atoms with Gasteiger partial charge in [-0.05, 0) is 42.5 Å². The zero-order chi connectivity index (χ0) is 22.3. The van der Waals surface area contributed by atoms with Gasteiger partial charge in [-0.1, -0.05) is 29.8 Å². The average molecular weight is 455 g/mol. The second-order valence-electron chi connectivity index (χ2n) is 7.55. The highest BCUT2D eigenvalue weighted by Crippen LogP contribution is 2.19. The van der Waals surface area contributed by atoms with Crippen LogP contribution in [-0.4, -0.2) is 48.6 Å². The molecule has 1 N–H and O–H groups in total. The van der Waals surface area contributed by atoms with Gasteiger partial charge in [0.25, 0.3) is 5.91 Å². The van der Waals surface area contributed by atoms with Crippen molar-refractivity contribution >= 4 is 29.0 Å². The molecule has 1 aromatic heterocycles. The summed E-state index contributed by atoms with van der Waals surface area (Å²) in [7, 11) is 0. The number of amides is 1. The minimum absolute atomic E-state index is 0.104. The molecule has 6 nitrogen and oxygen atoms in total. The molecule has 166 valence electrons. The highest BCUT2D eigenvalue weighted by molar-refractivity contribution is 6.30. The average Bonchev–Trinajstić information content (AvgIpc) is 2.81. The zero-order valence-corrected chi connectivity index (χ0v) is 18.3. The molecule has 0 spiro atoms. The summed E-state index contributed by atoms with van der Waals surface area (Å²) in [6, 6.07) is 17.5. The van der Waals surface area contributed by atoms with Gasteiger partial charge < -0.3 is 15.0 Å². The van der Waals surface area contributed by atoms with E-state index in [1.165, 1.54) is 6.07 Å². The summed E-state index contributed by atoms with van der Waals surface area (Å²) in [5, 5.41) is 3.39. The van der Waals surface area contributed by atoms with Gasteiger partial charge in [0.1, 0.15) is 17.4 Å². The Morgan fingerprint density at radius 3 is 2.47 bits per heavy atom. The molecule has 1 amide bonds. The minimum Gasteiger partial charge on any atom is -0.484 e. The van der Waals surface area contributed by atoms with Crippen LogP contribution in [0.15, 0.2) is 66.9 Å². The molecule has 8 heteroatoms. The summed E-state index contributed by atoms with van der Waals surface area (Å²) in [5.41, 5.74) is 1.33. The molecule has 3 aromatic rings. The summed E-state index contributed by atoms with van der Waals surface area (Å²) in [5.74, 6) is 1.00. The molecule has 1 aliphatic rings. The summed E-state index contributed by atoms with van der Waals surface area (Å²) < 4.78 is 19.3. The van der Waals surface area contributed by atoms with Crippen molar-refractivity contribution in [3.05, 3.63) is 83.3 Å². The maximum atomic E-state index is 13.9. The number of nitrogens with zero attached hydrogens (tertiary/aromatic N) is 3. The lowest BCUT2D eigenvalue weighted by Gasteiger charge is -2.35. The van der Waals surface area contributed by atoms with E-state index in [9.17, 15) is 9.18 Å². The van der Waals surface area contributed by atoms with Crippen molar-refractivity contribution in [2.45, 2.75) is 6.54 Å². The number of nitrogens with one attached hydrogen (secondary N) is 1. The Morgan fingerprint density at radius 2 is 1.78 bits per heavy atom. The highest BCUT2D eigenvalue weighted by atomic mass is 35.5. The third-order valence-electron chi connectivity index (χ3n) is 5.26. The van der Waals surface area contributed by atoms with Crippen molar-refractivity contribution < 1.29 is 13.9 Å². The predicted octanol–water partition coefficient (Wildman–Crippen LogP) is 4.21. The zero-order valence-electron chi connectivity index (χ0n) is 17.5. The second-order valence-corrected chi connectivity index (χ2v) is 7.99. The maximum absolute atomic E-state index is 13.9. The standard InChI is InChI=1S/C24H24ClFN4O2/c25-19-5-8-21(9-6-19)32-17-24(31)28-20-7-10-23(27-15-20)30-13-11-29(12-14-30)16-18-3-1-2-4-22(18)26/h1-10,15H,11-14,16-17H2,(H,28,31). The Bertz CT molecular complexity index is 1040. The molecule has 2 heterocycles. The van der Waals surface area contributed by atoms with Crippen LogP contribution in [0.4, 0.5) is 15.9 Å². The van der Waals surface area contributed by atoms with Crippen molar-refractivity contribution in [3.63, 3.8) is 0 Å². The number of rotatable bonds is 7. The summed E-state index contributed by atoms with van der Waals surface area (Å²) in [4.78, 5) is 21.0. The number of hydrogen-bond donors (Lipinski definition) is 1. The van der Waals surface area contributed by atoms with Crippen LogP contribution in [0, 0.1) is 5.82 Å². The topological polar surface area (TPSA) is 57.7 Å². The fraction of sp³-hybridized carbons (Fsp3) is 0.250. The molecule has 0 bridgehead atoms. The lowest BCUT2D eigenvalue weighted by atomic mass is 10.2. The van der Waals surface area contributed by atoms with E-state index in [0.29, 0.717) is 23.0 Å². The fourth-order valence-electron chi connectivity index (χ4n) is 3.53. The third-order valence-corrected chi connectivity index (χ3v) is 5.52. The van der Waals surface area contributed by atoms with Gasteiger partial charge in [-0.3, -0.25) is 9.69 Å². The Kier molecular flexibility index (Phi) is 7.19. The Hall–Kier alpha value is -3.16. The first-order valence-electron chi connectivity index (χ1n) is 10.4. The van der Waals surface area contributed by atoms with Gasteiger partial charge in [-0.25, -0.2) is 9.37 Å². The minimum atomic E-state index is -0.267. The molecule has 0 saturated carbocycles. The molecular formula is C24H24ClFN4O2.